The van der Waals surface area contributed by atoms with Gasteiger partial charge in [-0.3, -0.25) is 9.59 Å². The zero-order valence-corrected chi connectivity index (χ0v) is 11.2. The molecule has 0 saturated carbocycles. The van der Waals surface area contributed by atoms with Crippen molar-refractivity contribution in [1.82, 2.24) is 9.88 Å². The molecule has 0 fully saturated rings. The Morgan fingerprint density at radius 1 is 1.53 bits per heavy atom. The van der Waals surface area contributed by atoms with Crippen LogP contribution < -0.4 is 5.32 Å². The van der Waals surface area contributed by atoms with Crippen LogP contribution in [0.15, 0.2) is 16.7 Å². The Morgan fingerprint density at radius 3 is 2.47 bits per heavy atom. The number of carbonyl (C=O) groups is 2. The van der Waals surface area contributed by atoms with Crippen LogP contribution in [0.5, 0.6) is 0 Å². The Hall–Kier alpha value is -1.51. The molecule has 0 aliphatic carbocycles. The Balaban J connectivity index is 2.88. The molecule has 5 nitrogen and oxygen atoms in total. The zero-order chi connectivity index (χ0) is 14.8. The molecule has 0 saturated heterocycles. The summed E-state index contributed by atoms with van der Waals surface area (Å²) in [5.41, 5.74) is -0.00786. The molecular weight excluding hydrogens is 333 g/mol. The fraction of sp³-hybridized carbons (Fsp3) is 0.400. The van der Waals surface area contributed by atoms with E-state index in [-0.39, 0.29) is 5.69 Å². The molecule has 1 aromatic rings. The molecule has 1 heterocycles. The Labute approximate surface area is 114 Å². The number of alkyl halides is 3. The van der Waals surface area contributed by atoms with E-state index in [1.54, 1.807) is 5.32 Å². The lowest BCUT2D eigenvalue weighted by molar-refractivity contribution is -0.165. The topological polar surface area (TPSA) is 71.3 Å². The molecule has 19 heavy (non-hydrogen) atoms. The minimum absolute atomic E-state index is 0.00786. The summed E-state index contributed by atoms with van der Waals surface area (Å²) in [6, 6.07) is -1.09. The second-order valence-corrected chi connectivity index (χ2v) is 4.74. The third-order valence-corrected chi connectivity index (χ3v) is 2.72. The number of rotatable bonds is 4. The molecule has 1 unspecified atom stereocenters. The highest BCUT2D eigenvalue weighted by Crippen LogP contribution is 2.23. The standard InChI is InChI=1S/C10H10BrF3N2O3/c1-16-4-5(11)2-6(16)9(19)15-7(3-8(17)18)10(12,13)14/h2,4,7H,3H2,1H3,(H,15,19)(H,17,18). The summed E-state index contributed by atoms with van der Waals surface area (Å²) in [5, 5.41) is 10.1. The van der Waals surface area contributed by atoms with Crippen LogP contribution in [0.3, 0.4) is 0 Å². The van der Waals surface area contributed by atoms with Gasteiger partial charge in [0, 0.05) is 17.7 Å². The van der Waals surface area contributed by atoms with Gasteiger partial charge in [-0.05, 0) is 22.0 Å². The van der Waals surface area contributed by atoms with Gasteiger partial charge in [0.1, 0.15) is 11.7 Å². The van der Waals surface area contributed by atoms with E-state index in [0.29, 0.717) is 4.47 Å². The van der Waals surface area contributed by atoms with Gasteiger partial charge < -0.3 is 15.0 Å². The highest BCUT2D eigenvalue weighted by Gasteiger charge is 2.42. The lowest BCUT2D eigenvalue weighted by Gasteiger charge is -2.20. The van der Waals surface area contributed by atoms with E-state index in [1.807, 2.05) is 0 Å². The van der Waals surface area contributed by atoms with E-state index < -0.39 is 30.5 Å². The van der Waals surface area contributed by atoms with Gasteiger partial charge in [-0.15, -0.1) is 0 Å². The third kappa shape index (κ3) is 4.27. The highest BCUT2D eigenvalue weighted by atomic mass is 79.9. The normalized spacial score (nSPS) is 13.1. The molecule has 1 rings (SSSR count). The average molecular weight is 343 g/mol. The van der Waals surface area contributed by atoms with Gasteiger partial charge in [0.05, 0.1) is 6.42 Å². The second kappa shape index (κ2) is 5.64. The fourth-order valence-electron chi connectivity index (χ4n) is 1.41. The fourth-order valence-corrected chi connectivity index (χ4v) is 1.93. The molecule has 2 N–H and O–H groups in total. The van der Waals surface area contributed by atoms with Crippen molar-refractivity contribution in [3.8, 4) is 0 Å². The third-order valence-electron chi connectivity index (χ3n) is 2.28. The molecule has 106 valence electrons. The van der Waals surface area contributed by atoms with Crippen LogP contribution in [0.4, 0.5) is 13.2 Å². The number of nitrogens with one attached hydrogen (secondary N) is 1. The van der Waals surface area contributed by atoms with E-state index in [9.17, 15) is 22.8 Å². The van der Waals surface area contributed by atoms with Gasteiger partial charge in [0.2, 0.25) is 0 Å². The first-order valence-electron chi connectivity index (χ1n) is 5.02. The molecule has 0 aliphatic heterocycles. The first-order valence-corrected chi connectivity index (χ1v) is 5.81. The number of halogens is 4. The van der Waals surface area contributed by atoms with Crippen LogP contribution in [0.1, 0.15) is 16.9 Å². The minimum atomic E-state index is -4.82. The second-order valence-electron chi connectivity index (χ2n) is 3.82. The maximum absolute atomic E-state index is 12.6. The number of carbonyl (C=O) groups excluding carboxylic acids is 1. The SMILES string of the molecule is Cn1cc(Br)cc1C(=O)NC(CC(=O)O)C(F)(F)F. The number of nitrogens with zero attached hydrogens (tertiary/aromatic N) is 1. The maximum Gasteiger partial charge on any atom is 0.409 e. The van der Waals surface area contributed by atoms with Gasteiger partial charge in [0.15, 0.2) is 0 Å². The van der Waals surface area contributed by atoms with E-state index in [2.05, 4.69) is 15.9 Å². The van der Waals surface area contributed by atoms with E-state index in [1.165, 1.54) is 23.9 Å². The molecule has 1 atom stereocenters. The van der Waals surface area contributed by atoms with Gasteiger partial charge in [-0.1, -0.05) is 0 Å². The van der Waals surface area contributed by atoms with Crippen LogP contribution in [0.25, 0.3) is 0 Å². The van der Waals surface area contributed by atoms with Gasteiger partial charge >= 0.3 is 12.1 Å². The van der Waals surface area contributed by atoms with Crippen molar-refractivity contribution >= 4 is 27.8 Å². The van der Waals surface area contributed by atoms with Crippen LogP contribution in [0.2, 0.25) is 0 Å². The van der Waals surface area contributed by atoms with Crippen molar-refractivity contribution in [3.63, 3.8) is 0 Å². The summed E-state index contributed by atoms with van der Waals surface area (Å²) >= 11 is 3.08. The van der Waals surface area contributed by atoms with Crippen LogP contribution >= 0.6 is 15.9 Å². The average Bonchev–Trinajstić information content (AvgIpc) is 2.54. The molecule has 0 radical (unpaired) electrons. The van der Waals surface area contributed by atoms with Crippen molar-refractivity contribution in [3.05, 3.63) is 22.4 Å². The number of carboxylic acid groups (broad SMARTS) is 1. The first kappa shape index (κ1) is 15.5. The zero-order valence-electron chi connectivity index (χ0n) is 9.66. The smallest absolute Gasteiger partial charge is 0.409 e. The van der Waals surface area contributed by atoms with Crippen molar-refractivity contribution in [2.45, 2.75) is 18.6 Å². The molecule has 0 aromatic carbocycles. The van der Waals surface area contributed by atoms with E-state index >= 15 is 0 Å². The molecule has 0 spiro atoms. The van der Waals surface area contributed by atoms with Crippen LogP contribution in [0, 0.1) is 0 Å². The monoisotopic (exact) mass is 342 g/mol. The number of carboxylic acids is 1. The summed E-state index contributed by atoms with van der Waals surface area (Å²) in [7, 11) is 1.49. The lowest BCUT2D eigenvalue weighted by Crippen LogP contribution is -2.47. The molecule has 0 bridgehead atoms. The molecule has 1 amide bonds. The molecular formula is C10H10BrF3N2O3. The quantitative estimate of drug-likeness (QED) is 0.878. The van der Waals surface area contributed by atoms with E-state index in [4.69, 9.17) is 5.11 Å². The number of aryl methyl sites for hydroxylation is 1. The summed E-state index contributed by atoms with van der Waals surface area (Å²) in [4.78, 5) is 22.1. The molecule has 1 aromatic heterocycles. The number of hydrogen-bond acceptors (Lipinski definition) is 2. The van der Waals surface area contributed by atoms with Crippen molar-refractivity contribution in [2.75, 3.05) is 0 Å². The Bertz CT molecular complexity index is 499. The number of aliphatic carboxylic acids is 1. The predicted octanol–water partition coefficient (Wildman–Crippen LogP) is 1.92. The van der Waals surface area contributed by atoms with Crippen molar-refractivity contribution in [1.29, 1.82) is 0 Å². The summed E-state index contributed by atoms with van der Waals surface area (Å²) in [6.07, 6.45) is -4.55. The predicted molar refractivity (Wildman–Crippen MR) is 62.7 cm³/mol. The summed E-state index contributed by atoms with van der Waals surface area (Å²) in [6.45, 7) is 0. The number of aromatic nitrogens is 1. The van der Waals surface area contributed by atoms with Crippen LogP contribution in [-0.4, -0.2) is 33.8 Å². The molecule has 0 aliphatic rings. The number of amides is 1. The summed E-state index contributed by atoms with van der Waals surface area (Å²) in [5.74, 6) is -2.63. The maximum atomic E-state index is 12.6. The summed E-state index contributed by atoms with van der Waals surface area (Å²) < 4.78 is 39.6. The molecule has 9 heteroatoms. The largest absolute Gasteiger partial charge is 0.481 e. The first-order chi connectivity index (χ1) is 8.61. The van der Waals surface area contributed by atoms with Gasteiger partial charge in [0.25, 0.3) is 5.91 Å². The Morgan fingerprint density at radius 2 is 2.11 bits per heavy atom. The van der Waals surface area contributed by atoms with Crippen LogP contribution in [-0.2, 0) is 11.8 Å². The highest BCUT2D eigenvalue weighted by molar-refractivity contribution is 9.10. The van der Waals surface area contributed by atoms with Crippen molar-refractivity contribution < 1.29 is 27.9 Å². The Kier molecular flexibility index (Phi) is 4.61. The number of hydrogen-bond donors (Lipinski definition) is 2. The van der Waals surface area contributed by atoms with Gasteiger partial charge in [-0.2, -0.15) is 13.2 Å². The van der Waals surface area contributed by atoms with Crippen molar-refractivity contribution in [2.24, 2.45) is 7.05 Å². The lowest BCUT2D eigenvalue weighted by atomic mass is 10.2. The van der Waals surface area contributed by atoms with E-state index in [0.717, 1.165) is 0 Å². The minimum Gasteiger partial charge on any atom is -0.481 e. The van der Waals surface area contributed by atoms with Gasteiger partial charge in [-0.25, -0.2) is 0 Å².